The molecule has 2 rings (SSSR count). The molecule has 0 atom stereocenters. The van der Waals surface area contributed by atoms with Crippen LogP contribution >= 0.6 is 0 Å². The van der Waals surface area contributed by atoms with E-state index in [1.54, 1.807) is 0 Å². The van der Waals surface area contributed by atoms with Crippen molar-refractivity contribution in [2.45, 2.75) is 6.54 Å². The second-order valence-electron chi connectivity index (χ2n) is 3.25. The number of halogens is 2. The number of benzene rings is 1. The molecule has 0 aliphatic carbocycles. The highest BCUT2D eigenvalue weighted by Gasteiger charge is 2.10. The van der Waals surface area contributed by atoms with Gasteiger partial charge in [-0.3, -0.25) is 9.89 Å². The second-order valence-corrected chi connectivity index (χ2v) is 3.25. The number of hydrogen-bond donors (Lipinski definition) is 2. The van der Waals surface area contributed by atoms with Crippen LogP contribution in [-0.4, -0.2) is 21.1 Å². The molecule has 0 aliphatic heterocycles. The third-order valence-corrected chi connectivity index (χ3v) is 2.08. The lowest BCUT2D eigenvalue weighted by molar-refractivity contribution is 0.0940. The summed E-state index contributed by atoms with van der Waals surface area (Å²) in [5, 5.41) is 8.25. The van der Waals surface area contributed by atoms with Crippen LogP contribution in [0.4, 0.5) is 8.78 Å². The number of H-pyrrole nitrogens is 1. The summed E-state index contributed by atoms with van der Waals surface area (Å²) in [6.07, 6.45) is 1.18. The van der Waals surface area contributed by atoms with Gasteiger partial charge < -0.3 is 5.32 Å². The number of nitrogens with zero attached hydrogens (tertiary/aromatic N) is 2. The van der Waals surface area contributed by atoms with E-state index in [-0.39, 0.29) is 17.9 Å². The maximum Gasteiger partial charge on any atom is 0.288 e. The van der Waals surface area contributed by atoms with Crippen LogP contribution < -0.4 is 5.32 Å². The van der Waals surface area contributed by atoms with E-state index in [1.165, 1.54) is 6.33 Å². The topological polar surface area (TPSA) is 70.7 Å². The first-order valence-corrected chi connectivity index (χ1v) is 4.74. The van der Waals surface area contributed by atoms with Gasteiger partial charge in [0.15, 0.2) is 0 Å². The van der Waals surface area contributed by atoms with Gasteiger partial charge >= 0.3 is 0 Å². The SMILES string of the molecule is O=C(NCc1cc(F)ccc1F)c1ncn[nH]1. The first-order chi connectivity index (χ1) is 8.16. The summed E-state index contributed by atoms with van der Waals surface area (Å²) >= 11 is 0. The van der Waals surface area contributed by atoms with Crippen molar-refractivity contribution in [2.24, 2.45) is 0 Å². The van der Waals surface area contributed by atoms with Crippen molar-refractivity contribution in [2.75, 3.05) is 0 Å². The minimum atomic E-state index is -0.579. The van der Waals surface area contributed by atoms with Crippen LogP contribution in [0.3, 0.4) is 0 Å². The molecule has 1 aromatic heterocycles. The Bertz CT molecular complexity index is 527. The van der Waals surface area contributed by atoms with Crippen molar-refractivity contribution in [3.05, 3.63) is 47.5 Å². The molecule has 88 valence electrons. The molecule has 1 aromatic carbocycles. The molecule has 17 heavy (non-hydrogen) atoms. The molecule has 2 aromatic rings. The maximum atomic E-state index is 13.2. The lowest BCUT2D eigenvalue weighted by Gasteiger charge is -2.04. The van der Waals surface area contributed by atoms with Gasteiger partial charge in [-0.2, -0.15) is 5.10 Å². The van der Waals surface area contributed by atoms with E-state index >= 15 is 0 Å². The molecule has 0 radical (unpaired) electrons. The quantitative estimate of drug-likeness (QED) is 0.838. The summed E-state index contributed by atoms with van der Waals surface area (Å²) in [5.41, 5.74) is 0.0675. The van der Waals surface area contributed by atoms with Crippen LogP contribution in [0.1, 0.15) is 16.2 Å². The fourth-order valence-corrected chi connectivity index (χ4v) is 1.25. The Morgan fingerprint density at radius 3 is 2.94 bits per heavy atom. The number of carbonyl (C=O) groups excluding carboxylic acids is 1. The lowest BCUT2D eigenvalue weighted by Crippen LogP contribution is -2.24. The molecule has 0 unspecified atom stereocenters. The molecule has 1 heterocycles. The first kappa shape index (κ1) is 11.2. The van der Waals surface area contributed by atoms with Crippen LogP contribution in [0.15, 0.2) is 24.5 Å². The highest BCUT2D eigenvalue weighted by Crippen LogP contribution is 2.09. The molecule has 0 bridgehead atoms. The van der Waals surface area contributed by atoms with Gasteiger partial charge in [-0.25, -0.2) is 13.8 Å². The molecule has 1 amide bonds. The molecule has 5 nitrogen and oxygen atoms in total. The monoisotopic (exact) mass is 238 g/mol. The predicted molar refractivity (Wildman–Crippen MR) is 53.9 cm³/mol. The summed E-state index contributed by atoms with van der Waals surface area (Å²) in [5.74, 6) is -1.66. The predicted octanol–water partition coefficient (Wildman–Crippen LogP) is 1.01. The van der Waals surface area contributed by atoms with Crippen molar-refractivity contribution >= 4 is 5.91 Å². The molecule has 0 spiro atoms. The summed E-state index contributed by atoms with van der Waals surface area (Å²) < 4.78 is 26.0. The highest BCUT2D eigenvalue weighted by atomic mass is 19.1. The maximum absolute atomic E-state index is 13.2. The molecule has 0 saturated carbocycles. The van der Waals surface area contributed by atoms with Crippen molar-refractivity contribution in [1.29, 1.82) is 0 Å². The Balaban J connectivity index is 2.03. The van der Waals surface area contributed by atoms with Crippen molar-refractivity contribution in [3.8, 4) is 0 Å². The Labute approximate surface area is 94.9 Å². The van der Waals surface area contributed by atoms with Crippen LogP contribution in [0.5, 0.6) is 0 Å². The Kier molecular flexibility index (Phi) is 3.08. The van der Waals surface area contributed by atoms with Gasteiger partial charge in [0.1, 0.15) is 18.0 Å². The minimum absolute atomic E-state index is 0.0156. The van der Waals surface area contributed by atoms with Gasteiger partial charge in [0.2, 0.25) is 5.82 Å². The minimum Gasteiger partial charge on any atom is -0.345 e. The third-order valence-electron chi connectivity index (χ3n) is 2.08. The summed E-state index contributed by atoms with van der Waals surface area (Å²) in [6.45, 7) is -0.122. The van der Waals surface area contributed by atoms with Crippen LogP contribution in [-0.2, 0) is 6.54 Å². The van der Waals surface area contributed by atoms with Gasteiger partial charge in [-0.05, 0) is 18.2 Å². The molecule has 0 saturated heterocycles. The number of amides is 1. The number of aromatic nitrogens is 3. The smallest absolute Gasteiger partial charge is 0.288 e. The number of hydrogen-bond acceptors (Lipinski definition) is 3. The molecule has 2 N–H and O–H groups in total. The Hall–Kier alpha value is -2.31. The largest absolute Gasteiger partial charge is 0.345 e. The fourth-order valence-electron chi connectivity index (χ4n) is 1.25. The number of nitrogens with one attached hydrogen (secondary N) is 2. The Morgan fingerprint density at radius 2 is 2.24 bits per heavy atom. The van der Waals surface area contributed by atoms with Crippen LogP contribution in [0, 0.1) is 11.6 Å². The summed E-state index contributed by atoms with van der Waals surface area (Å²) in [7, 11) is 0. The van der Waals surface area contributed by atoms with Crippen molar-refractivity contribution < 1.29 is 13.6 Å². The van der Waals surface area contributed by atoms with E-state index in [0.29, 0.717) is 0 Å². The van der Waals surface area contributed by atoms with Crippen molar-refractivity contribution in [3.63, 3.8) is 0 Å². The third kappa shape index (κ3) is 2.63. The van der Waals surface area contributed by atoms with Crippen LogP contribution in [0.25, 0.3) is 0 Å². The highest BCUT2D eigenvalue weighted by molar-refractivity contribution is 5.90. The van der Waals surface area contributed by atoms with E-state index in [1.807, 2.05) is 0 Å². The van der Waals surface area contributed by atoms with E-state index < -0.39 is 17.5 Å². The summed E-state index contributed by atoms with van der Waals surface area (Å²) in [6, 6.07) is 3.04. The molecular weight excluding hydrogens is 230 g/mol. The zero-order valence-corrected chi connectivity index (χ0v) is 8.58. The lowest BCUT2D eigenvalue weighted by atomic mass is 10.2. The standard InChI is InChI=1S/C10H8F2N4O/c11-7-1-2-8(12)6(3-7)4-13-10(17)9-14-5-15-16-9/h1-3,5H,4H2,(H,13,17)(H,14,15,16). The fraction of sp³-hybridized carbons (Fsp3) is 0.100. The Morgan fingerprint density at radius 1 is 1.41 bits per heavy atom. The van der Waals surface area contributed by atoms with Gasteiger partial charge in [0.05, 0.1) is 0 Å². The van der Waals surface area contributed by atoms with E-state index in [4.69, 9.17) is 0 Å². The first-order valence-electron chi connectivity index (χ1n) is 4.74. The van der Waals surface area contributed by atoms with E-state index in [9.17, 15) is 13.6 Å². The average molecular weight is 238 g/mol. The van der Waals surface area contributed by atoms with Gasteiger partial charge in [0, 0.05) is 12.1 Å². The number of aromatic amines is 1. The van der Waals surface area contributed by atoms with Gasteiger partial charge in [0.25, 0.3) is 5.91 Å². The van der Waals surface area contributed by atoms with Crippen molar-refractivity contribution in [1.82, 2.24) is 20.5 Å². The van der Waals surface area contributed by atoms with Gasteiger partial charge in [-0.1, -0.05) is 0 Å². The molecule has 0 aliphatic rings. The normalized spacial score (nSPS) is 10.2. The van der Waals surface area contributed by atoms with Gasteiger partial charge in [-0.15, -0.1) is 0 Å². The van der Waals surface area contributed by atoms with E-state index in [2.05, 4.69) is 20.5 Å². The second kappa shape index (κ2) is 4.69. The van der Waals surface area contributed by atoms with E-state index in [0.717, 1.165) is 18.2 Å². The molecule has 7 heteroatoms. The number of carbonyl (C=O) groups is 1. The molecular formula is C10H8F2N4O. The van der Waals surface area contributed by atoms with Crippen LogP contribution in [0.2, 0.25) is 0 Å². The average Bonchev–Trinajstić information content (AvgIpc) is 2.83. The zero-order valence-electron chi connectivity index (χ0n) is 8.58. The number of rotatable bonds is 3. The summed E-state index contributed by atoms with van der Waals surface area (Å²) in [4.78, 5) is 15.0. The zero-order chi connectivity index (χ0) is 12.3. The molecule has 0 fully saturated rings.